The van der Waals surface area contributed by atoms with Crippen LogP contribution in [0.3, 0.4) is 0 Å². The first kappa shape index (κ1) is 12.8. The van der Waals surface area contributed by atoms with Gasteiger partial charge in [0.1, 0.15) is 12.3 Å². The van der Waals surface area contributed by atoms with Crippen molar-refractivity contribution in [2.24, 2.45) is 23.7 Å². The van der Waals surface area contributed by atoms with Crippen LogP contribution in [0.1, 0.15) is 46.0 Å². The van der Waals surface area contributed by atoms with Crippen LogP contribution >= 0.6 is 0 Å². The van der Waals surface area contributed by atoms with Crippen molar-refractivity contribution in [1.82, 2.24) is 0 Å². The zero-order valence-electron chi connectivity index (χ0n) is 11.3. The van der Waals surface area contributed by atoms with Crippen molar-refractivity contribution in [3.8, 4) is 0 Å². The SMILES string of the molecule is CC1CCC2C(CC1F)OC1C(F)C(C)CCC21. The fourth-order valence-electron chi connectivity index (χ4n) is 4.27. The molecule has 2 aliphatic carbocycles. The first-order chi connectivity index (χ1) is 8.58. The highest BCUT2D eigenvalue weighted by Crippen LogP contribution is 2.49. The van der Waals surface area contributed by atoms with Crippen molar-refractivity contribution in [2.45, 2.75) is 70.5 Å². The van der Waals surface area contributed by atoms with Crippen molar-refractivity contribution in [3.63, 3.8) is 0 Å². The number of halogens is 2. The van der Waals surface area contributed by atoms with Crippen molar-refractivity contribution < 1.29 is 13.5 Å². The van der Waals surface area contributed by atoms with Crippen LogP contribution in [-0.4, -0.2) is 24.6 Å². The Labute approximate surface area is 108 Å². The summed E-state index contributed by atoms with van der Waals surface area (Å²) >= 11 is 0. The largest absolute Gasteiger partial charge is 0.371 e. The molecular weight excluding hydrogens is 234 g/mol. The Bertz CT molecular complexity index is 309. The average molecular weight is 258 g/mol. The highest BCUT2D eigenvalue weighted by Gasteiger charge is 2.52. The van der Waals surface area contributed by atoms with Crippen LogP contribution in [0.5, 0.6) is 0 Å². The third-order valence-corrected chi connectivity index (χ3v) is 5.62. The van der Waals surface area contributed by atoms with E-state index >= 15 is 0 Å². The van der Waals surface area contributed by atoms with Crippen molar-refractivity contribution in [3.05, 3.63) is 0 Å². The van der Waals surface area contributed by atoms with Gasteiger partial charge in [0.25, 0.3) is 0 Å². The van der Waals surface area contributed by atoms with Crippen molar-refractivity contribution in [2.75, 3.05) is 0 Å². The zero-order chi connectivity index (χ0) is 12.9. The van der Waals surface area contributed by atoms with Gasteiger partial charge in [-0.25, -0.2) is 8.78 Å². The van der Waals surface area contributed by atoms with Crippen LogP contribution in [0.2, 0.25) is 0 Å². The second-order valence-electron chi connectivity index (χ2n) is 6.77. The van der Waals surface area contributed by atoms with Crippen LogP contribution in [0.25, 0.3) is 0 Å². The molecule has 8 unspecified atom stereocenters. The van der Waals surface area contributed by atoms with E-state index in [0.29, 0.717) is 18.3 Å². The molecule has 0 aromatic rings. The van der Waals surface area contributed by atoms with Gasteiger partial charge in [0.2, 0.25) is 0 Å². The molecular formula is C15H24F2O. The summed E-state index contributed by atoms with van der Waals surface area (Å²) in [6.45, 7) is 3.96. The zero-order valence-corrected chi connectivity index (χ0v) is 11.3. The van der Waals surface area contributed by atoms with E-state index in [9.17, 15) is 8.78 Å². The van der Waals surface area contributed by atoms with Gasteiger partial charge in [0, 0.05) is 6.42 Å². The fourth-order valence-corrected chi connectivity index (χ4v) is 4.27. The molecule has 2 saturated carbocycles. The highest BCUT2D eigenvalue weighted by atomic mass is 19.1. The predicted octanol–water partition coefficient (Wildman–Crippen LogP) is 3.91. The van der Waals surface area contributed by atoms with Gasteiger partial charge in [-0.05, 0) is 49.4 Å². The molecule has 0 spiro atoms. The molecule has 1 aliphatic heterocycles. The standard InChI is InChI=1S/C15H24F2O/c1-8-3-5-10-11-6-4-9(2)14(17)15(11)18-13(10)7-12(8)16/h8-15H,3-7H2,1-2H3. The topological polar surface area (TPSA) is 9.23 Å². The summed E-state index contributed by atoms with van der Waals surface area (Å²) in [5.41, 5.74) is 0. The lowest BCUT2D eigenvalue weighted by Crippen LogP contribution is -2.39. The molecule has 0 bridgehead atoms. The molecule has 3 aliphatic rings. The van der Waals surface area contributed by atoms with Gasteiger partial charge in [-0.1, -0.05) is 13.8 Å². The molecule has 1 nitrogen and oxygen atoms in total. The summed E-state index contributed by atoms with van der Waals surface area (Å²) in [5.74, 6) is 0.998. The van der Waals surface area contributed by atoms with E-state index in [2.05, 4.69) is 0 Å². The molecule has 18 heavy (non-hydrogen) atoms. The molecule has 1 saturated heterocycles. The van der Waals surface area contributed by atoms with Gasteiger partial charge in [-0.15, -0.1) is 0 Å². The van der Waals surface area contributed by atoms with E-state index in [-0.39, 0.29) is 24.0 Å². The summed E-state index contributed by atoms with van der Waals surface area (Å²) in [6, 6.07) is 0. The molecule has 8 atom stereocenters. The van der Waals surface area contributed by atoms with E-state index < -0.39 is 12.3 Å². The monoisotopic (exact) mass is 258 g/mol. The molecule has 0 radical (unpaired) electrons. The third-order valence-electron chi connectivity index (χ3n) is 5.62. The maximum atomic E-state index is 14.2. The van der Waals surface area contributed by atoms with Gasteiger partial charge in [-0.3, -0.25) is 0 Å². The molecule has 0 aromatic heterocycles. The quantitative estimate of drug-likeness (QED) is 0.640. The van der Waals surface area contributed by atoms with E-state index in [4.69, 9.17) is 4.74 Å². The summed E-state index contributed by atoms with van der Waals surface area (Å²) < 4.78 is 34.1. The predicted molar refractivity (Wildman–Crippen MR) is 66.8 cm³/mol. The average Bonchev–Trinajstić information content (AvgIpc) is 2.62. The Hall–Kier alpha value is -0.180. The summed E-state index contributed by atoms with van der Waals surface area (Å²) in [4.78, 5) is 0. The molecule has 0 aromatic carbocycles. The first-order valence-corrected chi connectivity index (χ1v) is 7.51. The maximum absolute atomic E-state index is 14.2. The normalized spacial score (nSPS) is 56.7. The van der Waals surface area contributed by atoms with Gasteiger partial charge in [0.05, 0.1) is 12.2 Å². The molecule has 3 fully saturated rings. The van der Waals surface area contributed by atoms with E-state index in [1.54, 1.807) is 0 Å². The lowest BCUT2D eigenvalue weighted by atomic mass is 9.73. The molecule has 3 rings (SSSR count). The number of alkyl halides is 2. The minimum Gasteiger partial charge on any atom is -0.371 e. The van der Waals surface area contributed by atoms with Crippen LogP contribution in [0.15, 0.2) is 0 Å². The van der Waals surface area contributed by atoms with E-state index in [1.807, 2.05) is 13.8 Å². The fraction of sp³-hybridized carbons (Fsp3) is 1.00. The van der Waals surface area contributed by atoms with E-state index in [1.165, 1.54) is 0 Å². The number of hydrogen-bond acceptors (Lipinski definition) is 1. The Morgan fingerprint density at radius 3 is 2.33 bits per heavy atom. The molecule has 0 N–H and O–H groups in total. The molecule has 1 heterocycles. The van der Waals surface area contributed by atoms with Crippen LogP contribution < -0.4 is 0 Å². The van der Waals surface area contributed by atoms with Gasteiger partial charge >= 0.3 is 0 Å². The molecule has 104 valence electrons. The summed E-state index contributed by atoms with van der Waals surface area (Å²) in [7, 11) is 0. The number of fused-ring (bicyclic) bond motifs is 3. The smallest absolute Gasteiger partial charge is 0.129 e. The molecule has 0 amide bonds. The van der Waals surface area contributed by atoms with Crippen molar-refractivity contribution >= 4 is 0 Å². The second kappa shape index (κ2) is 4.73. The number of hydrogen-bond donors (Lipinski definition) is 0. The lowest BCUT2D eigenvalue weighted by Gasteiger charge is -2.34. The Morgan fingerprint density at radius 2 is 1.56 bits per heavy atom. The highest BCUT2D eigenvalue weighted by molar-refractivity contribution is 5.00. The first-order valence-electron chi connectivity index (χ1n) is 7.51. The Morgan fingerprint density at radius 1 is 0.889 bits per heavy atom. The lowest BCUT2D eigenvalue weighted by molar-refractivity contribution is -0.0566. The minimum atomic E-state index is -0.842. The van der Waals surface area contributed by atoms with Gasteiger partial charge in [-0.2, -0.15) is 0 Å². The summed E-state index contributed by atoms with van der Waals surface area (Å²) in [6.07, 6.45) is 2.59. The Kier molecular flexibility index (Phi) is 3.38. The third kappa shape index (κ3) is 1.99. The Balaban J connectivity index is 1.77. The van der Waals surface area contributed by atoms with Crippen molar-refractivity contribution in [1.29, 1.82) is 0 Å². The van der Waals surface area contributed by atoms with E-state index in [0.717, 1.165) is 25.7 Å². The summed E-state index contributed by atoms with van der Waals surface area (Å²) in [5, 5.41) is 0. The second-order valence-corrected chi connectivity index (χ2v) is 6.77. The van der Waals surface area contributed by atoms with Crippen LogP contribution in [0.4, 0.5) is 8.78 Å². The van der Waals surface area contributed by atoms with Crippen LogP contribution in [-0.2, 0) is 4.74 Å². The number of rotatable bonds is 0. The van der Waals surface area contributed by atoms with Gasteiger partial charge in [0.15, 0.2) is 0 Å². The minimum absolute atomic E-state index is 0.0245. The van der Waals surface area contributed by atoms with Gasteiger partial charge < -0.3 is 4.74 Å². The molecule has 3 heteroatoms. The van der Waals surface area contributed by atoms with Crippen LogP contribution in [0, 0.1) is 23.7 Å². The maximum Gasteiger partial charge on any atom is 0.129 e. The number of ether oxygens (including phenoxy) is 1.